The SMILES string of the molecule is CC(=O)[S-].CCOC(=O)CC1=C(CSc2cccc(C[C@H](C)C(=O)N(C)c3ccc(OC)cc3)c2)Cc2ccccc21.CCOC(=O)Cc1c(CBr)n(C(C)=O)c2ccccc12.COc1ccc(N(C)C(=O)[C@@H](C)Cc2cccc(Br)c2)cc1.COc1ccc(N(C)C(=O)[C@@H](C)Cc2cccc(C)c2)cc1.COc1ccc(N(C)C(=O)[C@@H](N)Cc2cccc(SCC3=C(CC(=O)O)c4ccccc4C3)c2)cc1.[K+]. The summed E-state index contributed by atoms with van der Waals surface area (Å²) < 4.78 is 33.6. The second-order valence-corrected chi connectivity index (χ2v) is 38.4. The van der Waals surface area contributed by atoms with Crippen molar-refractivity contribution in [2.24, 2.45) is 23.5 Å². The van der Waals surface area contributed by atoms with E-state index in [-0.39, 0.29) is 129 Å². The number of alkyl halides is 1. The fourth-order valence-electron chi connectivity index (χ4n) is 16.6. The predicted octanol–water partition coefficient (Wildman–Crippen LogP) is 19.9. The molecule has 0 saturated heterocycles. The second kappa shape index (κ2) is 59.2. The van der Waals surface area contributed by atoms with Crippen molar-refractivity contribution in [3.05, 3.63) is 344 Å². The standard InChI is InChI=1S/C32H35NO4S.C29H30N2O4S.C19H23NO2.C18H20BrNO2.C15H16BrNO3.C2H4OS.K/c1-5-37-31(34)20-30-25(19-24-10-6-7-12-29(24)30)21-38-28-11-8-9-23(18-28)17-22(2)32(35)33(3)26-13-15-27(36-4)16-14-26;1-31(22-10-12-23(35-2)13-11-22)29(34)27(30)15-19-6-5-8-24(14-19)36-18-21-16-20-7-3-4-9-25(20)26(21)17-28(32)33;1-14-6-5-7-16(12-14)13-15(2)19(21)20(3)17-8-10-18(22-4)11-9-17;1-13(11-14-5-4-6-15(19)12-14)18(21)20(2)16-7-9-17(22-3)10-8-16;1-3-20-15(19)8-12-11-6-4-5-7-13(11)17(10(2)18)14(12)9-16;1-2(3)4;/h6-16,18,22H,5,17,19-21H2,1-4H3;3-14,27H,15-18,30H2,1-2H3,(H,32,33);5-12,15H,13H2,1-4H3;4-10,12-13H,11H2,1-3H3;4-7H,3,8-9H2,1-2H3;1H3,(H,3,4);/q;;;;;;+1/p-1/t22-;27-;15-;13-;;;/m0000.../s1. The van der Waals surface area contributed by atoms with Gasteiger partial charge in [0.05, 0.1) is 72.5 Å². The Morgan fingerprint density at radius 1 is 0.448 bits per heavy atom. The summed E-state index contributed by atoms with van der Waals surface area (Å²) in [5.74, 6) is 3.08. The number of benzene rings is 11. The third kappa shape index (κ3) is 35.3. The van der Waals surface area contributed by atoms with Gasteiger partial charge in [0, 0.05) is 123 Å². The van der Waals surface area contributed by atoms with Crippen molar-refractivity contribution < 1.29 is 128 Å². The zero-order valence-corrected chi connectivity index (χ0v) is 93.2. The van der Waals surface area contributed by atoms with Crippen molar-refractivity contribution in [1.29, 1.82) is 0 Å². The van der Waals surface area contributed by atoms with Crippen molar-refractivity contribution in [2.45, 2.75) is 134 Å². The van der Waals surface area contributed by atoms with Gasteiger partial charge in [-0.05, 0) is 267 Å². The van der Waals surface area contributed by atoms with Crippen molar-refractivity contribution in [2.75, 3.05) is 101 Å². The van der Waals surface area contributed by atoms with Crippen LogP contribution in [0.4, 0.5) is 22.7 Å². The molecular formula is C115H127Br2KN6O16S3. The monoisotopic (exact) mass is 2140 g/mol. The van der Waals surface area contributed by atoms with Gasteiger partial charge in [-0.2, -0.15) is 0 Å². The number of fused-ring (bicyclic) bond motifs is 3. The zero-order valence-electron chi connectivity index (χ0n) is 84.5. The number of halogens is 2. The van der Waals surface area contributed by atoms with Crippen molar-refractivity contribution >= 4 is 165 Å². The summed E-state index contributed by atoms with van der Waals surface area (Å²) in [5.41, 5.74) is 26.9. The number of carbonyl (C=O) groups is 9. The first-order valence-electron chi connectivity index (χ1n) is 46.7. The Morgan fingerprint density at radius 2 is 0.797 bits per heavy atom. The van der Waals surface area contributed by atoms with Gasteiger partial charge in [0.1, 0.15) is 23.0 Å². The van der Waals surface area contributed by atoms with E-state index in [0.29, 0.717) is 43.6 Å². The average Bonchev–Trinajstić information content (AvgIpc) is 1.61. The molecule has 1 heterocycles. The number of carbonyl (C=O) groups excluding carboxylic acids is 8. The molecule has 4 atom stereocenters. The van der Waals surface area contributed by atoms with Gasteiger partial charge in [0.2, 0.25) is 29.5 Å². The number of carboxylic acids is 1. The molecule has 143 heavy (non-hydrogen) atoms. The van der Waals surface area contributed by atoms with Crippen LogP contribution in [0.25, 0.3) is 22.0 Å². The van der Waals surface area contributed by atoms with E-state index in [1.54, 1.807) is 90.1 Å². The van der Waals surface area contributed by atoms with Gasteiger partial charge in [-0.1, -0.05) is 197 Å². The fourth-order valence-corrected chi connectivity index (χ4v) is 19.7. The summed E-state index contributed by atoms with van der Waals surface area (Å²) in [6, 6.07) is 85.9. The second-order valence-electron chi connectivity index (χ2n) is 34.3. The number of aryl methyl sites for hydroxylation is 1. The molecule has 0 aliphatic heterocycles. The summed E-state index contributed by atoms with van der Waals surface area (Å²) in [6.45, 7) is 15.2. The van der Waals surface area contributed by atoms with Crippen LogP contribution in [0.3, 0.4) is 0 Å². The van der Waals surface area contributed by atoms with Gasteiger partial charge in [-0.3, -0.25) is 42.9 Å². The average molecular weight is 2140 g/mol. The van der Waals surface area contributed by atoms with Crippen molar-refractivity contribution in [1.82, 2.24) is 4.57 Å². The number of rotatable bonds is 35. The third-order valence-corrected chi connectivity index (χ3v) is 27.1. The first-order valence-corrected chi connectivity index (χ1v) is 51.0. The van der Waals surface area contributed by atoms with E-state index in [4.69, 9.17) is 34.2 Å². The van der Waals surface area contributed by atoms with Crippen LogP contribution in [-0.2, 0) is 111 Å². The largest absolute Gasteiger partial charge is 1.00 e. The first-order chi connectivity index (χ1) is 68.1. The molecule has 22 nitrogen and oxygen atoms in total. The number of nitrogens with zero attached hydrogens (tertiary/aromatic N) is 5. The molecule has 2 aliphatic rings. The number of hydrogen-bond acceptors (Lipinski definition) is 19. The van der Waals surface area contributed by atoms with Crippen LogP contribution in [0.2, 0.25) is 0 Å². The number of aromatic nitrogens is 1. The summed E-state index contributed by atoms with van der Waals surface area (Å²) in [5, 5.41) is 10.6. The molecule has 1 aromatic heterocycles. The number of aliphatic carboxylic acids is 1. The molecule has 0 saturated carbocycles. The van der Waals surface area contributed by atoms with Crippen LogP contribution in [0.1, 0.15) is 127 Å². The fraction of sp³-hybridized carbons (Fsp3) is 0.296. The van der Waals surface area contributed by atoms with Crippen LogP contribution < -0.4 is 95.7 Å². The molecule has 0 fully saturated rings. The maximum atomic E-state index is 13.1. The number of carboxylic acid groups (broad SMARTS) is 1. The topological polar surface area (TPSA) is 273 Å². The molecule has 0 bridgehead atoms. The van der Waals surface area contributed by atoms with Crippen LogP contribution in [0, 0.1) is 24.7 Å². The molecule has 2 aliphatic carbocycles. The smallest absolute Gasteiger partial charge is 0.742 e. The van der Waals surface area contributed by atoms with Gasteiger partial charge >= 0.3 is 69.3 Å². The van der Waals surface area contributed by atoms with Crippen molar-refractivity contribution in [3.63, 3.8) is 0 Å². The quantitative estimate of drug-likeness (QED) is 0.0123. The van der Waals surface area contributed by atoms with Gasteiger partial charge in [-0.15, -0.1) is 23.5 Å². The molecule has 28 heteroatoms. The molecule has 0 radical (unpaired) electrons. The molecule has 4 amide bonds. The molecule has 11 aromatic carbocycles. The number of methoxy groups -OCH3 is 4. The summed E-state index contributed by atoms with van der Waals surface area (Å²) >= 11 is 14.3. The van der Waals surface area contributed by atoms with Crippen LogP contribution in [0.5, 0.6) is 23.0 Å². The zero-order chi connectivity index (χ0) is 103. The van der Waals surface area contributed by atoms with Crippen LogP contribution in [-0.4, -0.2) is 150 Å². The number of anilines is 4. The number of para-hydroxylation sites is 1. The molecule has 0 spiro atoms. The van der Waals surface area contributed by atoms with E-state index in [9.17, 15) is 48.3 Å². The Hall–Kier alpha value is -11.3. The van der Waals surface area contributed by atoms with Crippen molar-refractivity contribution in [3.8, 4) is 23.0 Å². The maximum Gasteiger partial charge on any atom is 1.00 e. The van der Waals surface area contributed by atoms with Crippen LogP contribution >= 0.6 is 55.4 Å². The Morgan fingerprint density at radius 3 is 1.17 bits per heavy atom. The molecule has 12 aromatic rings. The Kier molecular flexibility index (Phi) is 48.5. The minimum atomic E-state index is -0.815. The molecule has 14 rings (SSSR count). The predicted molar refractivity (Wildman–Crippen MR) is 582 cm³/mol. The summed E-state index contributed by atoms with van der Waals surface area (Å²) in [7, 11) is 13.7. The molecule has 0 unspecified atom stereocenters. The number of thioether (sulfide) groups is 2. The Balaban J connectivity index is 0.000000221. The molecular weight excluding hydrogens is 2020 g/mol. The first kappa shape index (κ1) is 117. The van der Waals surface area contributed by atoms with E-state index in [0.717, 1.165) is 153 Å². The van der Waals surface area contributed by atoms with E-state index in [2.05, 4.69) is 130 Å². The van der Waals surface area contributed by atoms with E-state index < -0.39 is 12.0 Å². The van der Waals surface area contributed by atoms with Gasteiger partial charge < -0.3 is 76.3 Å². The Bertz CT molecular complexity index is 6260. The normalized spacial score (nSPS) is 12.2. The minimum Gasteiger partial charge on any atom is -0.742 e. The summed E-state index contributed by atoms with van der Waals surface area (Å²) in [4.78, 5) is 117. The Labute approximate surface area is 914 Å². The number of amides is 4. The van der Waals surface area contributed by atoms with Gasteiger partial charge in [0.25, 0.3) is 0 Å². The molecule has 746 valence electrons. The third-order valence-electron chi connectivity index (χ3n) is 23.9. The van der Waals surface area contributed by atoms with E-state index >= 15 is 0 Å². The summed E-state index contributed by atoms with van der Waals surface area (Å²) in [6.07, 6.45) is 4.72. The number of hydrogen-bond donors (Lipinski definition) is 2. The van der Waals surface area contributed by atoms with Gasteiger partial charge in [-0.25, -0.2) is 0 Å². The maximum absolute atomic E-state index is 13.1. The number of likely N-dealkylation sites (N-methyl/N-ethyl adjacent to an activating group) is 1. The number of esters is 2. The minimum absolute atomic E-state index is 0. The van der Waals surface area contributed by atoms with Crippen LogP contribution in [0.15, 0.2) is 292 Å². The number of nitrogens with two attached hydrogens (primary N) is 1. The molecule has 3 N–H and O–H groups in total. The van der Waals surface area contributed by atoms with Gasteiger partial charge in [0.15, 0.2) is 0 Å². The van der Waals surface area contributed by atoms with E-state index in [1.807, 2.05) is 237 Å². The number of ether oxygens (including phenoxy) is 6. The van der Waals surface area contributed by atoms with E-state index in [1.165, 1.54) is 47.2 Å².